The summed E-state index contributed by atoms with van der Waals surface area (Å²) < 4.78 is 13.1. The zero-order valence-electron chi connectivity index (χ0n) is 10.2. The minimum atomic E-state index is -0.208. The van der Waals surface area contributed by atoms with Crippen LogP contribution in [0.5, 0.6) is 0 Å². The minimum absolute atomic E-state index is 0.116. The summed E-state index contributed by atoms with van der Waals surface area (Å²) in [6, 6.07) is 4.77. The molecule has 0 aliphatic heterocycles. The third-order valence-corrected chi connectivity index (χ3v) is 4.10. The van der Waals surface area contributed by atoms with Gasteiger partial charge in [-0.1, -0.05) is 20.3 Å². The molecule has 0 fully saturated rings. The molecule has 1 nitrogen and oxygen atoms in total. The first kappa shape index (κ1) is 13.5. The Morgan fingerprint density at radius 1 is 1.38 bits per heavy atom. The van der Waals surface area contributed by atoms with E-state index >= 15 is 0 Å². The Kier molecular flexibility index (Phi) is 5.29. The summed E-state index contributed by atoms with van der Waals surface area (Å²) in [7, 11) is 0. The fraction of sp³-hybridized carbons (Fsp3) is 0.538. The molecule has 0 bridgehead atoms. The lowest BCUT2D eigenvalue weighted by Gasteiger charge is -2.14. The maximum atomic E-state index is 13.1. The summed E-state index contributed by atoms with van der Waals surface area (Å²) in [6.45, 7) is 6.30. The summed E-state index contributed by atoms with van der Waals surface area (Å²) in [4.78, 5) is 1.11. The largest absolute Gasteiger partial charge is 0.324 e. The van der Waals surface area contributed by atoms with E-state index in [1.807, 2.05) is 13.0 Å². The van der Waals surface area contributed by atoms with Crippen LogP contribution in [0.4, 0.5) is 4.39 Å². The van der Waals surface area contributed by atoms with Crippen molar-refractivity contribution in [1.29, 1.82) is 0 Å². The third kappa shape index (κ3) is 3.80. The average Bonchev–Trinajstić information content (AvgIpc) is 2.26. The van der Waals surface area contributed by atoms with E-state index in [-0.39, 0.29) is 11.9 Å². The lowest BCUT2D eigenvalue weighted by molar-refractivity contribution is 0.618. The molecule has 0 spiro atoms. The Balaban J connectivity index is 2.78. The van der Waals surface area contributed by atoms with Gasteiger partial charge < -0.3 is 5.73 Å². The quantitative estimate of drug-likeness (QED) is 0.789. The van der Waals surface area contributed by atoms with Gasteiger partial charge in [-0.3, -0.25) is 0 Å². The molecule has 0 radical (unpaired) electrons. The first-order valence-electron chi connectivity index (χ1n) is 5.72. The molecule has 1 aromatic carbocycles. The van der Waals surface area contributed by atoms with E-state index in [2.05, 4.69) is 13.8 Å². The van der Waals surface area contributed by atoms with Crippen LogP contribution in [-0.4, -0.2) is 5.75 Å². The van der Waals surface area contributed by atoms with Crippen LogP contribution >= 0.6 is 11.8 Å². The Hall–Kier alpha value is -0.540. The van der Waals surface area contributed by atoms with Crippen LogP contribution in [0.3, 0.4) is 0 Å². The normalized spacial score (nSPS) is 14.8. The topological polar surface area (TPSA) is 26.0 Å². The van der Waals surface area contributed by atoms with E-state index in [1.54, 1.807) is 17.8 Å². The molecule has 90 valence electrons. The van der Waals surface area contributed by atoms with Crippen molar-refractivity contribution in [3.8, 4) is 0 Å². The molecule has 0 aliphatic rings. The first-order chi connectivity index (χ1) is 7.54. The highest BCUT2D eigenvalue weighted by atomic mass is 32.2. The molecule has 0 saturated heterocycles. The molecule has 1 rings (SSSR count). The maximum Gasteiger partial charge on any atom is 0.123 e. The molecule has 0 amide bonds. The molecule has 1 aromatic rings. The monoisotopic (exact) mass is 241 g/mol. The van der Waals surface area contributed by atoms with Gasteiger partial charge in [0.2, 0.25) is 0 Å². The van der Waals surface area contributed by atoms with Gasteiger partial charge >= 0.3 is 0 Å². The highest BCUT2D eigenvalue weighted by Crippen LogP contribution is 2.29. The number of benzene rings is 1. The minimum Gasteiger partial charge on any atom is -0.324 e. The number of hydrogen-bond acceptors (Lipinski definition) is 2. The van der Waals surface area contributed by atoms with E-state index in [0.29, 0.717) is 5.92 Å². The molecule has 0 aromatic heterocycles. The highest BCUT2D eigenvalue weighted by Gasteiger charge is 2.10. The zero-order chi connectivity index (χ0) is 12.1. The van der Waals surface area contributed by atoms with Crippen LogP contribution in [0.25, 0.3) is 0 Å². The molecule has 2 N–H and O–H groups in total. The molecule has 1 unspecified atom stereocenters. The van der Waals surface area contributed by atoms with Gasteiger partial charge in [-0.2, -0.15) is 0 Å². The standard InChI is InChI=1S/C13H20FNS/c1-4-9(2)8-16-13-6-5-11(14)7-12(13)10(3)15/h5-7,9-10H,4,8,15H2,1-3H3/t9?,10-/m0/s1. The van der Waals surface area contributed by atoms with Crippen LogP contribution < -0.4 is 5.73 Å². The van der Waals surface area contributed by atoms with Crippen LogP contribution in [0.2, 0.25) is 0 Å². The SMILES string of the molecule is CCC(C)CSc1ccc(F)cc1[C@H](C)N. The van der Waals surface area contributed by atoms with E-state index in [9.17, 15) is 4.39 Å². The van der Waals surface area contributed by atoms with Gasteiger partial charge in [0.05, 0.1) is 0 Å². The van der Waals surface area contributed by atoms with Gasteiger partial charge in [0.25, 0.3) is 0 Å². The van der Waals surface area contributed by atoms with Crippen molar-refractivity contribution >= 4 is 11.8 Å². The van der Waals surface area contributed by atoms with Crippen molar-refractivity contribution in [3.05, 3.63) is 29.6 Å². The Morgan fingerprint density at radius 2 is 2.06 bits per heavy atom. The van der Waals surface area contributed by atoms with Crippen molar-refractivity contribution in [3.63, 3.8) is 0 Å². The van der Waals surface area contributed by atoms with E-state index in [1.165, 1.54) is 12.5 Å². The molecule has 16 heavy (non-hydrogen) atoms. The molecular formula is C13H20FNS. The van der Waals surface area contributed by atoms with Crippen molar-refractivity contribution in [2.45, 2.75) is 38.1 Å². The third-order valence-electron chi connectivity index (χ3n) is 2.68. The zero-order valence-corrected chi connectivity index (χ0v) is 11.0. The smallest absolute Gasteiger partial charge is 0.123 e. The van der Waals surface area contributed by atoms with Gasteiger partial charge in [-0.15, -0.1) is 11.8 Å². The number of hydrogen-bond donors (Lipinski definition) is 1. The lowest BCUT2D eigenvalue weighted by atomic mass is 10.1. The molecule has 0 saturated carbocycles. The molecule has 0 aliphatic carbocycles. The van der Waals surface area contributed by atoms with Gasteiger partial charge in [0.1, 0.15) is 5.82 Å². The van der Waals surface area contributed by atoms with Crippen molar-refractivity contribution < 1.29 is 4.39 Å². The number of halogens is 1. The summed E-state index contributed by atoms with van der Waals surface area (Å²) in [5, 5.41) is 0. The van der Waals surface area contributed by atoms with E-state index < -0.39 is 0 Å². The molecule has 0 heterocycles. The summed E-state index contributed by atoms with van der Waals surface area (Å²) in [6.07, 6.45) is 1.17. The summed E-state index contributed by atoms with van der Waals surface area (Å²) >= 11 is 1.77. The fourth-order valence-corrected chi connectivity index (χ4v) is 2.63. The average molecular weight is 241 g/mol. The number of nitrogens with two attached hydrogens (primary N) is 1. The van der Waals surface area contributed by atoms with Crippen LogP contribution in [0, 0.1) is 11.7 Å². The maximum absolute atomic E-state index is 13.1. The van der Waals surface area contributed by atoms with Gasteiger partial charge in [0, 0.05) is 16.7 Å². The van der Waals surface area contributed by atoms with Crippen molar-refractivity contribution in [2.75, 3.05) is 5.75 Å². The van der Waals surface area contributed by atoms with Crippen LogP contribution in [-0.2, 0) is 0 Å². The van der Waals surface area contributed by atoms with Crippen LogP contribution in [0.1, 0.15) is 38.8 Å². The summed E-state index contributed by atoms with van der Waals surface area (Å²) in [5.41, 5.74) is 6.75. The molecular weight excluding hydrogens is 221 g/mol. The van der Waals surface area contributed by atoms with E-state index in [0.717, 1.165) is 16.2 Å². The predicted molar refractivity (Wildman–Crippen MR) is 69.2 cm³/mol. The Bertz CT molecular complexity index is 339. The van der Waals surface area contributed by atoms with Gasteiger partial charge in [-0.05, 0) is 36.6 Å². The Morgan fingerprint density at radius 3 is 2.62 bits per heavy atom. The lowest BCUT2D eigenvalue weighted by Crippen LogP contribution is -2.07. The Labute approximate surface area is 102 Å². The second-order valence-electron chi connectivity index (χ2n) is 4.30. The van der Waals surface area contributed by atoms with Gasteiger partial charge in [-0.25, -0.2) is 4.39 Å². The molecule has 2 atom stereocenters. The first-order valence-corrected chi connectivity index (χ1v) is 6.71. The van der Waals surface area contributed by atoms with Crippen LogP contribution in [0.15, 0.2) is 23.1 Å². The van der Waals surface area contributed by atoms with Gasteiger partial charge in [0.15, 0.2) is 0 Å². The highest BCUT2D eigenvalue weighted by molar-refractivity contribution is 7.99. The predicted octanol–water partition coefficient (Wildman–Crippen LogP) is 3.98. The second-order valence-corrected chi connectivity index (χ2v) is 5.36. The number of rotatable bonds is 5. The number of thioether (sulfide) groups is 1. The molecule has 3 heteroatoms. The van der Waals surface area contributed by atoms with E-state index in [4.69, 9.17) is 5.73 Å². The second kappa shape index (κ2) is 6.26. The fourth-order valence-electron chi connectivity index (χ4n) is 1.36. The van der Waals surface area contributed by atoms with Crippen molar-refractivity contribution in [2.24, 2.45) is 11.7 Å². The van der Waals surface area contributed by atoms with Crippen molar-refractivity contribution in [1.82, 2.24) is 0 Å². The summed E-state index contributed by atoms with van der Waals surface area (Å²) in [5.74, 6) is 1.53.